The molecule has 1 aromatic carbocycles. The zero-order chi connectivity index (χ0) is 9.97. The summed E-state index contributed by atoms with van der Waals surface area (Å²) in [5, 5.41) is 10.4. The van der Waals surface area contributed by atoms with Crippen molar-refractivity contribution in [2.24, 2.45) is 0 Å². The summed E-state index contributed by atoms with van der Waals surface area (Å²) in [5.41, 5.74) is 1.11. The van der Waals surface area contributed by atoms with Crippen LogP contribution in [0.5, 0.6) is 0 Å². The van der Waals surface area contributed by atoms with Crippen molar-refractivity contribution in [2.45, 2.75) is 29.4 Å². The molecule has 1 nitrogen and oxygen atoms in total. The molecule has 1 fully saturated rings. The summed E-state index contributed by atoms with van der Waals surface area (Å²) in [6.07, 6.45) is 3.33. The van der Waals surface area contributed by atoms with E-state index < -0.39 is 0 Å². The SMILES string of the molecule is OCCc1ccc(SC2CC2)c(Cl)c1. The maximum absolute atomic E-state index is 8.79. The van der Waals surface area contributed by atoms with Gasteiger partial charge in [-0.05, 0) is 37.0 Å². The predicted molar refractivity (Wildman–Crippen MR) is 61.1 cm³/mol. The number of hydrogen-bond donors (Lipinski definition) is 1. The van der Waals surface area contributed by atoms with Crippen molar-refractivity contribution >= 4 is 23.4 Å². The van der Waals surface area contributed by atoms with Crippen LogP contribution in [-0.4, -0.2) is 17.0 Å². The molecular formula is C11H13ClOS. The molecule has 0 heterocycles. The molecule has 0 unspecified atom stereocenters. The summed E-state index contributed by atoms with van der Waals surface area (Å²) < 4.78 is 0. The van der Waals surface area contributed by atoms with Gasteiger partial charge in [0.25, 0.3) is 0 Å². The second kappa shape index (κ2) is 4.56. The average Bonchev–Trinajstić information content (AvgIpc) is 2.94. The highest BCUT2D eigenvalue weighted by Gasteiger charge is 2.23. The number of aliphatic hydroxyl groups excluding tert-OH is 1. The molecule has 0 bridgehead atoms. The van der Waals surface area contributed by atoms with E-state index in [-0.39, 0.29) is 6.61 Å². The summed E-state index contributed by atoms with van der Waals surface area (Å²) in [7, 11) is 0. The number of rotatable bonds is 4. The van der Waals surface area contributed by atoms with Gasteiger partial charge >= 0.3 is 0 Å². The monoisotopic (exact) mass is 228 g/mol. The number of thioether (sulfide) groups is 1. The molecule has 0 atom stereocenters. The fourth-order valence-corrected chi connectivity index (χ4v) is 2.68. The molecule has 1 aromatic rings. The first-order chi connectivity index (χ1) is 6.79. The summed E-state index contributed by atoms with van der Waals surface area (Å²) in [4.78, 5) is 1.18. The van der Waals surface area contributed by atoms with Crippen molar-refractivity contribution < 1.29 is 5.11 Å². The van der Waals surface area contributed by atoms with Gasteiger partial charge in [0.05, 0.1) is 5.02 Å². The van der Waals surface area contributed by atoms with E-state index in [9.17, 15) is 0 Å². The Kier molecular flexibility index (Phi) is 3.37. The first-order valence-electron chi connectivity index (χ1n) is 4.85. The summed E-state index contributed by atoms with van der Waals surface area (Å²) >= 11 is 8.00. The van der Waals surface area contributed by atoms with E-state index in [4.69, 9.17) is 16.7 Å². The molecule has 1 saturated carbocycles. The van der Waals surface area contributed by atoms with Crippen LogP contribution >= 0.6 is 23.4 Å². The highest BCUT2D eigenvalue weighted by molar-refractivity contribution is 8.00. The molecule has 14 heavy (non-hydrogen) atoms. The van der Waals surface area contributed by atoms with Crippen molar-refractivity contribution in [1.82, 2.24) is 0 Å². The van der Waals surface area contributed by atoms with Crippen molar-refractivity contribution in [3.05, 3.63) is 28.8 Å². The first-order valence-corrected chi connectivity index (χ1v) is 6.11. The molecule has 0 spiro atoms. The van der Waals surface area contributed by atoms with Crippen LogP contribution in [0.15, 0.2) is 23.1 Å². The lowest BCUT2D eigenvalue weighted by Crippen LogP contribution is -1.90. The first kappa shape index (κ1) is 10.3. The highest BCUT2D eigenvalue weighted by Crippen LogP contribution is 2.41. The van der Waals surface area contributed by atoms with Gasteiger partial charge in [-0.3, -0.25) is 0 Å². The molecule has 0 aliphatic heterocycles. The lowest BCUT2D eigenvalue weighted by molar-refractivity contribution is 0.299. The Morgan fingerprint density at radius 3 is 2.79 bits per heavy atom. The Bertz CT molecular complexity index is 323. The lowest BCUT2D eigenvalue weighted by atomic mass is 10.2. The van der Waals surface area contributed by atoms with E-state index in [1.54, 1.807) is 0 Å². The van der Waals surface area contributed by atoms with E-state index in [2.05, 4.69) is 6.07 Å². The Morgan fingerprint density at radius 1 is 1.43 bits per heavy atom. The van der Waals surface area contributed by atoms with Gasteiger partial charge in [-0.15, -0.1) is 11.8 Å². The molecule has 0 aromatic heterocycles. The van der Waals surface area contributed by atoms with Crippen molar-refractivity contribution in [3.63, 3.8) is 0 Å². The molecule has 0 amide bonds. The Hall–Kier alpha value is -0.180. The van der Waals surface area contributed by atoms with Crippen LogP contribution in [0.4, 0.5) is 0 Å². The second-order valence-electron chi connectivity index (χ2n) is 3.56. The summed E-state index contributed by atoms with van der Waals surface area (Å²) in [5.74, 6) is 0. The third-order valence-electron chi connectivity index (χ3n) is 2.21. The van der Waals surface area contributed by atoms with Gasteiger partial charge in [0.15, 0.2) is 0 Å². The van der Waals surface area contributed by atoms with E-state index in [0.717, 1.165) is 15.8 Å². The quantitative estimate of drug-likeness (QED) is 0.855. The molecule has 1 N–H and O–H groups in total. The average molecular weight is 229 g/mol. The van der Waals surface area contributed by atoms with E-state index in [1.165, 1.54) is 17.7 Å². The maximum atomic E-state index is 8.79. The third kappa shape index (κ3) is 2.66. The van der Waals surface area contributed by atoms with Gasteiger partial charge in [0.1, 0.15) is 0 Å². The molecular weight excluding hydrogens is 216 g/mol. The predicted octanol–water partition coefficient (Wildman–Crippen LogP) is 3.13. The van der Waals surface area contributed by atoms with Crippen LogP contribution in [0.2, 0.25) is 5.02 Å². The summed E-state index contributed by atoms with van der Waals surface area (Å²) in [6.45, 7) is 0.186. The van der Waals surface area contributed by atoms with E-state index in [1.807, 2.05) is 23.9 Å². The largest absolute Gasteiger partial charge is 0.396 e. The van der Waals surface area contributed by atoms with Gasteiger partial charge in [0.2, 0.25) is 0 Å². The molecule has 2 rings (SSSR count). The van der Waals surface area contributed by atoms with Crippen LogP contribution in [-0.2, 0) is 6.42 Å². The Morgan fingerprint density at radius 2 is 2.21 bits per heavy atom. The standard InChI is InChI=1S/C11H13ClOS/c12-10-7-8(5-6-13)1-4-11(10)14-9-2-3-9/h1,4,7,9,13H,2-3,5-6H2. The minimum Gasteiger partial charge on any atom is -0.396 e. The van der Waals surface area contributed by atoms with Crippen LogP contribution in [0.1, 0.15) is 18.4 Å². The number of benzene rings is 1. The second-order valence-corrected chi connectivity index (χ2v) is 5.30. The summed E-state index contributed by atoms with van der Waals surface area (Å²) in [6, 6.07) is 6.08. The number of halogens is 1. The maximum Gasteiger partial charge on any atom is 0.0544 e. The molecule has 3 heteroatoms. The van der Waals surface area contributed by atoms with Gasteiger partial charge in [-0.2, -0.15) is 0 Å². The molecule has 76 valence electrons. The molecule has 1 aliphatic rings. The van der Waals surface area contributed by atoms with Crippen LogP contribution in [0.3, 0.4) is 0 Å². The van der Waals surface area contributed by atoms with E-state index >= 15 is 0 Å². The normalized spacial score (nSPS) is 15.9. The van der Waals surface area contributed by atoms with Crippen LogP contribution in [0.25, 0.3) is 0 Å². The number of hydrogen-bond acceptors (Lipinski definition) is 2. The Labute approximate surface area is 93.5 Å². The third-order valence-corrected chi connectivity index (χ3v) is 4.05. The molecule has 1 aliphatic carbocycles. The smallest absolute Gasteiger partial charge is 0.0544 e. The minimum absolute atomic E-state index is 0.186. The molecule has 0 saturated heterocycles. The van der Waals surface area contributed by atoms with Crippen LogP contribution in [0, 0.1) is 0 Å². The van der Waals surface area contributed by atoms with Crippen molar-refractivity contribution in [2.75, 3.05) is 6.61 Å². The van der Waals surface area contributed by atoms with Gasteiger partial charge in [-0.25, -0.2) is 0 Å². The fraction of sp³-hybridized carbons (Fsp3) is 0.455. The van der Waals surface area contributed by atoms with Gasteiger partial charge < -0.3 is 5.11 Å². The lowest BCUT2D eigenvalue weighted by Gasteiger charge is -2.05. The highest BCUT2D eigenvalue weighted by atomic mass is 35.5. The van der Waals surface area contributed by atoms with Crippen molar-refractivity contribution in [1.29, 1.82) is 0 Å². The number of aliphatic hydroxyl groups is 1. The van der Waals surface area contributed by atoms with E-state index in [0.29, 0.717) is 6.42 Å². The minimum atomic E-state index is 0.186. The molecule has 0 radical (unpaired) electrons. The van der Waals surface area contributed by atoms with Gasteiger partial charge in [-0.1, -0.05) is 17.7 Å². The topological polar surface area (TPSA) is 20.2 Å². The zero-order valence-electron chi connectivity index (χ0n) is 7.87. The van der Waals surface area contributed by atoms with Crippen LogP contribution < -0.4 is 0 Å². The van der Waals surface area contributed by atoms with Crippen molar-refractivity contribution in [3.8, 4) is 0 Å². The Balaban J connectivity index is 2.09. The van der Waals surface area contributed by atoms with Gasteiger partial charge in [0, 0.05) is 16.8 Å². The zero-order valence-corrected chi connectivity index (χ0v) is 9.44. The fourth-order valence-electron chi connectivity index (χ4n) is 1.29.